The molecule has 1 aliphatic carbocycles. The Bertz CT molecular complexity index is 847. The van der Waals surface area contributed by atoms with Crippen molar-refractivity contribution < 1.29 is 14.3 Å². The van der Waals surface area contributed by atoms with Crippen molar-refractivity contribution in [2.45, 2.75) is 43.7 Å². The molecule has 0 radical (unpaired) electrons. The molecular weight excluding hydrogens is 352 g/mol. The lowest BCUT2D eigenvalue weighted by Crippen LogP contribution is -2.39. The van der Waals surface area contributed by atoms with Crippen molar-refractivity contribution in [3.63, 3.8) is 0 Å². The molecule has 28 heavy (non-hydrogen) atoms. The Kier molecular flexibility index (Phi) is 6.33. The zero-order valence-corrected chi connectivity index (χ0v) is 16.4. The van der Waals surface area contributed by atoms with Crippen LogP contribution in [0.3, 0.4) is 0 Å². The Morgan fingerprint density at radius 1 is 1.18 bits per heavy atom. The van der Waals surface area contributed by atoms with Crippen LogP contribution in [0.4, 0.5) is 0 Å². The van der Waals surface area contributed by atoms with Crippen LogP contribution in [0, 0.1) is 11.3 Å². The number of nitrogens with zero attached hydrogens (tertiary/aromatic N) is 1. The fraction of sp³-hybridized carbons (Fsp3) is 0.391. The van der Waals surface area contributed by atoms with Crippen molar-refractivity contribution in [3.05, 3.63) is 65.2 Å². The predicted molar refractivity (Wildman–Crippen MR) is 107 cm³/mol. The maximum absolute atomic E-state index is 11.5. The van der Waals surface area contributed by atoms with Crippen LogP contribution in [0.25, 0.3) is 0 Å². The number of hydrogen-bond acceptors (Lipinski definition) is 5. The molecule has 0 amide bonds. The van der Waals surface area contributed by atoms with E-state index in [1.807, 2.05) is 36.4 Å². The molecule has 0 spiro atoms. The van der Waals surface area contributed by atoms with E-state index in [-0.39, 0.29) is 5.97 Å². The molecular formula is C23H26N2O3. The molecule has 0 aromatic heterocycles. The number of methoxy groups -OCH3 is 2. The predicted octanol–water partition coefficient (Wildman–Crippen LogP) is 3.98. The van der Waals surface area contributed by atoms with Gasteiger partial charge in [-0.25, -0.2) is 4.79 Å². The fourth-order valence-electron chi connectivity index (χ4n) is 3.84. The number of hydrogen-bond donors (Lipinski definition) is 1. The molecule has 0 heterocycles. The monoisotopic (exact) mass is 378 g/mol. The number of carbonyl (C=O) groups excluding carboxylic acids is 1. The first kappa shape index (κ1) is 19.9. The van der Waals surface area contributed by atoms with Crippen LogP contribution in [0.1, 0.15) is 47.2 Å². The average Bonchev–Trinajstić information content (AvgIpc) is 2.78. The minimum atomic E-state index is -0.436. The van der Waals surface area contributed by atoms with Crippen LogP contribution in [0.15, 0.2) is 48.5 Å². The number of nitrogens with one attached hydrogen (secondary N) is 1. The summed E-state index contributed by atoms with van der Waals surface area (Å²) in [4.78, 5) is 11.5. The first-order valence-corrected chi connectivity index (χ1v) is 9.56. The standard InChI is InChI=1S/C23H26N2O3/c1-27-21-5-3-4-19(14-21)23(16-24)12-10-20(11-13-23)25-15-17-6-8-18(9-7-17)22(26)28-2/h3-9,14,20,25H,10-13,15H2,1-2H3. The lowest BCUT2D eigenvalue weighted by atomic mass is 9.69. The highest BCUT2D eigenvalue weighted by atomic mass is 16.5. The lowest BCUT2D eigenvalue weighted by Gasteiger charge is -2.36. The van der Waals surface area contributed by atoms with Crippen molar-refractivity contribution >= 4 is 5.97 Å². The van der Waals surface area contributed by atoms with E-state index >= 15 is 0 Å². The fourth-order valence-corrected chi connectivity index (χ4v) is 3.84. The summed E-state index contributed by atoms with van der Waals surface area (Å²) in [5.41, 5.74) is 2.29. The van der Waals surface area contributed by atoms with Gasteiger partial charge in [0.15, 0.2) is 0 Å². The van der Waals surface area contributed by atoms with Crippen LogP contribution in [0.5, 0.6) is 5.75 Å². The first-order chi connectivity index (χ1) is 13.6. The molecule has 2 aromatic rings. The topological polar surface area (TPSA) is 71.3 Å². The third kappa shape index (κ3) is 4.35. The smallest absolute Gasteiger partial charge is 0.337 e. The van der Waals surface area contributed by atoms with Crippen LogP contribution in [0.2, 0.25) is 0 Å². The van der Waals surface area contributed by atoms with Gasteiger partial charge in [0, 0.05) is 12.6 Å². The molecule has 1 N–H and O–H groups in total. The molecule has 3 rings (SSSR count). The van der Waals surface area contributed by atoms with Gasteiger partial charge in [-0.1, -0.05) is 24.3 Å². The molecule has 5 heteroatoms. The Morgan fingerprint density at radius 3 is 2.50 bits per heavy atom. The van der Waals surface area contributed by atoms with Crippen molar-refractivity contribution in [1.29, 1.82) is 5.26 Å². The normalized spacial score (nSPS) is 21.5. The minimum Gasteiger partial charge on any atom is -0.497 e. The van der Waals surface area contributed by atoms with E-state index in [2.05, 4.69) is 11.4 Å². The molecule has 1 saturated carbocycles. The number of rotatable bonds is 6. The SMILES string of the molecule is COC(=O)c1ccc(CNC2CCC(C#N)(c3cccc(OC)c3)CC2)cc1. The van der Waals surface area contributed by atoms with Crippen molar-refractivity contribution in [1.82, 2.24) is 5.32 Å². The maximum Gasteiger partial charge on any atom is 0.337 e. The summed E-state index contributed by atoms with van der Waals surface area (Å²) in [6.45, 7) is 0.741. The highest BCUT2D eigenvalue weighted by molar-refractivity contribution is 5.89. The average molecular weight is 378 g/mol. The van der Waals surface area contributed by atoms with E-state index in [0.29, 0.717) is 11.6 Å². The molecule has 5 nitrogen and oxygen atoms in total. The number of esters is 1. The second-order valence-electron chi connectivity index (χ2n) is 7.27. The van der Waals surface area contributed by atoms with Crippen LogP contribution >= 0.6 is 0 Å². The summed E-state index contributed by atoms with van der Waals surface area (Å²) in [5.74, 6) is 0.472. The second kappa shape index (κ2) is 8.90. The van der Waals surface area contributed by atoms with E-state index < -0.39 is 5.41 Å². The third-order valence-electron chi connectivity index (χ3n) is 5.65. The summed E-state index contributed by atoms with van der Waals surface area (Å²) < 4.78 is 10.0. The van der Waals surface area contributed by atoms with E-state index in [1.54, 1.807) is 19.2 Å². The van der Waals surface area contributed by atoms with Gasteiger partial charge >= 0.3 is 5.97 Å². The van der Waals surface area contributed by atoms with Gasteiger partial charge in [-0.2, -0.15) is 5.26 Å². The van der Waals surface area contributed by atoms with E-state index in [1.165, 1.54) is 7.11 Å². The zero-order valence-electron chi connectivity index (χ0n) is 16.4. The molecule has 2 aromatic carbocycles. The number of carbonyl (C=O) groups is 1. The Balaban J connectivity index is 1.57. The molecule has 1 aliphatic rings. The van der Waals surface area contributed by atoms with Gasteiger partial charge in [-0.05, 0) is 61.1 Å². The number of benzene rings is 2. The Morgan fingerprint density at radius 2 is 1.89 bits per heavy atom. The summed E-state index contributed by atoms with van der Waals surface area (Å²) in [5, 5.41) is 13.5. The van der Waals surface area contributed by atoms with E-state index in [0.717, 1.165) is 49.1 Å². The molecule has 0 atom stereocenters. The van der Waals surface area contributed by atoms with Gasteiger partial charge in [0.2, 0.25) is 0 Å². The highest BCUT2D eigenvalue weighted by Crippen LogP contribution is 2.40. The lowest BCUT2D eigenvalue weighted by molar-refractivity contribution is 0.0600. The van der Waals surface area contributed by atoms with Gasteiger partial charge < -0.3 is 14.8 Å². The number of ether oxygens (including phenoxy) is 2. The third-order valence-corrected chi connectivity index (χ3v) is 5.65. The van der Waals surface area contributed by atoms with Gasteiger partial charge in [0.25, 0.3) is 0 Å². The van der Waals surface area contributed by atoms with Crippen molar-refractivity contribution in [3.8, 4) is 11.8 Å². The second-order valence-corrected chi connectivity index (χ2v) is 7.27. The summed E-state index contributed by atoms with van der Waals surface area (Å²) in [6.07, 6.45) is 3.56. The highest BCUT2D eigenvalue weighted by Gasteiger charge is 2.37. The van der Waals surface area contributed by atoms with E-state index in [9.17, 15) is 10.1 Å². The zero-order chi connectivity index (χ0) is 20.0. The Labute approximate surface area is 166 Å². The minimum absolute atomic E-state index is 0.322. The Hall–Kier alpha value is -2.84. The van der Waals surface area contributed by atoms with E-state index in [4.69, 9.17) is 9.47 Å². The number of nitriles is 1. The largest absolute Gasteiger partial charge is 0.497 e. The summed E-state index contributed by atoms with van der Waals surface area (Å²) >= 11 is 0. The van der Waals surface area contributed by atoms with Gasteiger partial charge in [0.05, 0.1) is 31.3 Å². The van der Waals surface area contributed by atoms with Crippen LogP contribution < -0.4 is 10.1 Å². The molecule has 1 fully saturated rings. The molecule has 0 bridgehead atoms. The van der Waals surface area contributed by atoms with Gasteiger partial charge in [0.1, 0.15) is 5.75 Å². The maximum atomic E-state index is 11.5. The molecule has 146 valence electrons. The van der Waals surface area contributed by atoms with Gasteiger partial charge in [-0.3, -0.25) is 0 Å². The summed E-state index contributed by atoms with van der Waals surface area (Å²) in [6, 6.07) is 18.3. The molecule has 0 unspecified atom stereocenters. The molecule has 0 saturated heterocycles. The van der Waals surface area contributed by atoms with Crippen molar-refractivity contribution in [2.24, 2.45) is 0 Å². The summed E-state index contributed by atoms with van der Waals surface area (Å²) in [7, 11) is 3.03. The van der Waals surface area contributed by atoms with Crippen LogP contribution in [-0.4, -0.2) is 26.2 Å². The van der Waals surface area contributed by atoms with Gasteiger partial charge in [-0.15, -0.1) is 0 Å². The van der Waals surface area contributed by atoms with Crippen LogP contribution in [-0.2, 0) is 16.7 Å². The quantitative estimate of drug-likeness (QED) is 0.770. The van der Waals surface area contributed by atoms with Crippen molar-refractivity contribution in [2.75, 3.05) is 14.2 Å². The first-order valence-electron chi connectivity index (χ1n) is 9.56. The molecule has 0 aliphatic heterocycles.